The number of rotatable bonds is 31. The van der Waals surface area contributed by atoms with Gasteiger partial charge in [0.15, 0.2) is 0 Å². The molecule has 0 aliphatic carbocycles. The van der Waals surface area contributed by atoms with E-state index in [1.54, 1.807) is 24.3 Å². The Hall–Kier alpha value is -7.84. The molecular weight excluding hydrogens is 949 g/mol. The first kappa shape index (κ1) is 58.7. The lowest BCUT2D eigenvalue weighted by molar-refractivity contribution is -0.131. The van der Waals surface area contributed by atoms with E-state index in [4.69, 9.17) is 11.5 Å². The summed E-state index contributed by atoms with van der Waals surface area (Å²) in [6.45, 7) is 2.82. The minimum absolute atomic E-state index is 0.0833. The van der Waals surface area contributed by atoms with Crippen LogP contribution in [0.5, 0.6) is 11.5 Å². The van der Waals surface area contributed by atoms with Gasteiger partial charge in [-0.15, -0.1) is 0 Å². The first-order valence-electron chi connectivity index (χ1n) is 24.9. The summed E-state index contributed by atoms with van der Waals surface area (Å²) in [5.41, 5.74) is 15.2. The summed E-state index contributed by atoms with van der Waals surface area (Å²) in [5, 5.41) is 40.3. The smallest absolute Gasteiger partial charge is 0.242 e. The van der Waals surface area contributed by atoms with Crippen LogP contribution in [0.4, 0.5) is 0 Å². The van der Waals surface area contributed by atoms with Crippen molar-refractivity contribution in [3.8, 4) is 11.5 Å². The molecule has 0 aromatic heterocycles. The Morgan fingerprint density at radius 2 is 0.716 bits per heavy atom. The van der Waals surface area contributed by atoms with E-state index >= 15 is 0 Å². The molecule has 0 aliphatic rings. The van der Waals surface area contributed by atoms with Crippen LogP contribution in [0.3, 0.4) is 0 Å². The Labute approximate surface area is 432 Å². The van der Waals surface area contributed by atoms with E-state index in [9.17, 15) is 48.6 Å². The lowest BCUT2D eigenvalue weighted by Crippen LogP contribution is -2.53. The van der Waals surface area contributed by atoms with Crippen LogP contribution in [0.1, 0.15) is 74.6 Å². The van der Waals surface area contributed by atoms with E-state index < -0.39 is 84.8 Å². The van der Waals surface area contributed by atoms with Crippen LogP contribution in [0.2, 0.25) is 0 Å². The number of hydrogen-bond acceptors (Lipinski definition) is 12. The number of phenols is 2. The molecule has 0 saturated carbocycles. The van der Waals surface area contributed by atoms with Crippen molar-refractivity contribution >= 4 is 47.3 Å². The van der Waals surface area contributed by atoms with Crippen molar-refractivity contribution in [2.45, 2.75) is 114 Å². The number of phenolic OH excluding ortho intramolecular Hbond substituents is 2. The predicted molar refractivity (Wildman–Crippen MR) is 279 cm³/mol. The van der Waals surface area contributed by atoms with E-state index in [1.165, 1.54) is 38.1 Å². The third-order valence-corrected chi connectivity index (χ3v) is 11.9. The van der Waals surface area contributed by atoms with Crippen LogP contribution in [0, 0.1) is 0 Å². The maximum absolute atomic E-state index is 13.3. The molecule has 0 heterocycles. The largest absolute Gasteiger partial charge is 0.508 e. The highest BCUT2D eigenvalue weighted by molar-refractivity contribution is 5.94. The maximum Gasteiger partial charge on any atom is 0.242 e. The summed E-state index contributed by atoms with van der Waals surface area (Å²) in [4.78, 5) is 103. The number of hydrogen-bond donors (Lipinski definition) is 12. The van der Waals surface area contributed by atoms with Gasteiger partial charge in [-0.1, -0.05) is 111 Å². The standard InChI is InChI=1S/C54H72N10O10/c1-35(61-51(71)43(55)29-39-19-23-41(65)24-20-39)49(69)59-33-47(67)63-45(31-37-15-9-7-10-16-37)53(73)57-27-13-5-3-4-6-14-28-58-54(74)46(32-38-17-11-8-12-18-38)64-48(68)34-60-50(70)36(2)62-52(72)44(56)30-40-21-25-42(66)26-22-40/h7-12,15-26,35-36,43-46,65-66H,3-6,13-14,27-34,55-56H2,1-2H3,(H,57,73)(H,58,74)(H,59,69)(H,60,70)(H,61,71)(H,62,72)(H,63,67)(H,64,68)/t35-,36-,43+,44+,45+,46+/m1/s1. The van der Waals surface area contributed by atoms with Crippen molar-refractivity contribution in [2.24, 2.45) is 11.5 Å². The summed E-state index contributed by atoms with van der Waals surface area (Å²) in [6, 6.07) is 25.2. The molecule has 398 valence electrons. The van der Waals surface area contributed by atoms with Gasteiger partial charge in [0.2, 0.25) is 47.3 Å². The fourth-order valence-electron chi connectivity index (χ4n) is 7.61. The third kappa shape index (κ3) is 22.3. The fraction of sp³-hybridized carbons (Fsp3) is 0.407. The first-order chi connectivity index (χ1) is 35.5. The van der Waals surface area contributed by atoms with Crippen LogP contribution in [0.15, 0.2) is 109 Å². The van der Waals surface area contributed by atoms with Crippen molar-refractivity contribution < 1.29 is 48.6 Å². The molecular formula is C54H72N10O10. The van der Waals surface area contributed by atoms with Gasteiger partial charge in [0.1, 0.15) is 35.7 Å². The highest BCUT2D eigenvalue weighted by Gasteiger charge is 2.26. The zero-order chi connectivity index (χ0) is 53.8. The second-order valence-corrected chi connectivity index (χ2v) is 18.2. The number of nitrogens with two attached hydrogens (primary N) is 2. The van der Waals surface area contributed by atoms with Gasteiger partial charge < -0.3 is 64.2 Å². The molecule has 20 heteroatoms. The number of aromatic hydroxyl groups is 2. The van der Waals surface area contributed by atoms with Gasteiger partial charge in [-0.25, -0.2) is 0 Å². The highest BCUT2D eigenvalue weighted by atomic mass is 16.3. The molecule has 0 aliphatic heterocycles. The molecule has 20 nitrogen and oxygen atoms in total. The molecule has 0 spiro atoms. The van der Waals surface area contributed by atoms with Crippen LogP contribution in [-0.2, 0) is 64.0 Å². The number of amides is 8. The average molecular weight is 1020 g/mol. The van der Waals surface area contributed by atoms with Crippen LogP contribution < -0.4 is 54.0 Å². The van der Waals surface area contributed by atoms with E-state index in [1.807, 2.05) is 60.7 Å². The summed E-state index contributed by atoms with van der Waals surface area (Å²) in [6.07, 6.45) is 5.60. The van der Waals surface area contributed by atoms with Gasteiger partial charge in [-0.2, -0.15) is 0 Å². The fourth-order valence-corrected chi connectivity index (χ4v) is 7.61. The molecule has 0 bridgehead atoms. The molecule has 8 amide bonds. The minimum atomic E-state index is -0.998. The second-order valence-electron chi connectivity index (χ2n) is 18.2. The molecule has 4 rings (SSSR count). The number of benzene rings is 4. The summed E-state index contributed by atoms with van der Waals surface area (Å²) in [5.74, 6) is -4.12. The molecule has 0 saturated heterocycles. The van der Waals surface area contributed by atoms with Crippen LogP contribution >= 0.6 is 0 Å². The number of unbranched alkanes of at least 4 members (excludes halogenated alkanes) is 5. The molecule has 4 aromatic carbocycles. The zero-order valence-electron chi connectivity index (χ0n) is 42.1. The van der Waals surface area contributed by atoms with Crippen molar-refractivity contribution in [2.75, 3.05) is 26.2 Å². The van der Waals surface area contributed by atoms with Crippen molar-refractivity contribution in [1.29, 1.82) is 0 Å². The number of carbonyl (C=O) groups is 8. The SMILES string of the molecule is C[C@@H](NC(=O)[C@@H](N)Cc1ccc(O)cc1)C(=O)NCC(=O)N[C@@H](Cc1ccccc1)C(=O)NCCCCCCCCNC(=O)[C@H](Cc1ccccc1)NC(=O)CNC(=O)[C@@H](C)NC(=O)[C@@H](N)Cc1ccc(O)cc1. The molecule has 14 N–H and O–H groups in total. The van der Waals surface area contributed by atoms with E-state index in [2.05, 4.69) is 42.5 Å². The van der Waals surface area contributed by atoms with Gasteiger partial charge in [-0.05, 0) is 86.1 Å². The third-order valence-electron chi connectivity index (χ3n) is 11.9. The average Bonchev–Trinajstić information content (AvgIpc) is 3.38. The van der Waals surface area contributed by atoms with Gasteiger partial charge in [0, 0.05) is 25.9 Å². The summed E-state index contributed by atoms with van der Waals surface area (Å²) >= 11 is 0. The molecule has 74 heavy (non-hydrogen) atoms. The molecule has 0 radical (unpaired) electrons. The number of carbonyl (C=O) groups excluding carboxylic acids is 8. The first-order valence-corrected chi connectivity index (χ1v) is 24.9. The van der Waals surface area contributed by atoms with Gasteiger partial charge >= 0.3 is 0 Å². The second kappa shape index (κ2) is 31.6. The van der Waals surface area contributed by atoms with Crippen molar-refractivity contribution in [3.05, 3.63) is 131 Å². The van der Waals surface area contributed by atoms with Crippen molar-refractivity contribution in [3.63, 3.8) is 0 Å². The lowest BCUT2D eigenvalue weighted by atomic mass is 10.0. The van der Waals surface area contributed by atoms with Gasteiger partial charge in [0.25, 0.3) is 0 Å². The zero-order valence-corrected chi connectivity index (χ0v) is 42.1. The van der Waals surface area contributed by atoms with Crippen molar-refractivity contribution in [1.82, 2.24) is 42.5 Å². The highest BCUT2D eigenvalue weighted by Crippen LogP contribution is 2.13. The number of nitrogens with one attached hydrogen (secondary N) is 8. The molecule has 0 fully saturated rings. The Morgan fingerprint density at radius 3 is 1.07 bits per heavy atom. The van der Waals surface area contributed by atoms with Gasteiger partial charge in [0.05, 0.1) is 25.2 Å². The molecule has 4 aromatic rings. The summed E-state index contributed by atoms with van der Waals surface area (Å²) < 4.78 is 0. The predicted octanol–water partition coefficient (Wildman–Crippen LogP) is 0.807. The van der Waals surface area contributed by atoms with Crippen LogP contribution in [-0.4, -0.2) is 120 Å². The summed E-state index contributed by atoms with van der Waals surface area (Å²) in [7, 11) is 0. The Kier molecular flexibility index (Phi) is 25.1. The van der Waals surface area contributed by atoms with E-state index in [0.29, 0.717) is 25.9 Å². The molecule has 0 unspecified atom stereocenters. The normalized spacial score (nSPS) is 13.3. The maximum atomic E-state index is 13.3. The Bertz CT molecular complexity index is 2260. The quantitative estimate of drug-likeness (QED) is 0.0312. The minimum Gasteiger partial charge on any atom is -0.508 e. The van der Waals surface area contributed by atoms with E-state index in [-0.39, 0.29) is 49.0 Å². The Balaban J connectivity index is 1.12. The van der Waals surface area contributed by atoms with Crippen LogP contribution in [0.25, 0.3) is 0 Å². The van der Waals surface area contributed by atoms with Gasteiger partial charge in [-0.3, -0.25) is 38.4 Å². The Morgan fingerprint density at radius 1 is 0.392 bits per heavy atom. The molecule has 6 atom stereocenters. The lowest BCUT2D eigenvalue weighted by Gasteiger charge is -2.20. The topological polar surface area (TPSA) is 325 Å². The van der Waals surface area contributed by atoms with E-state index in [0.717, 1.165) is 47.9 Å². The monoisotopic (exact) mass is 1020 g/mol.